The second-order valence-corrected chi connectivity index (χ2v) is 3.86. The van der Waals surface area contributed by atoms with Gasteiger partial charge in [0.1, 0.15) is 24.0 Å². The van der Waals surface area contributed by atoms with Crippen LogP contribution in [0.2, 0.25) is 0 Å². The molecule has 0 spiro atoms. The molecule has 0 heterocycles. The molecule has 1 aromatic carbocycles. The molecule has 20 heavy (non-hydrogen) atoms. The summed E-state index contributed by atoms with van der Waals surface area (Å²) in [5.41, 5.74) is 0.00305. The fourth-order valence-corrected chi connectivity index (χ4v) is 1.46. The zero-order chi connectivity index (χ0) is 14.8. The fourth-order valence-electron chi connectivity index (χ4n) is 1.46. The number of nitriles is 1. The lowest BCUT2D eigenvalue weighted by Crippen LogP contribution is -2.09. The molecule has 0 aliphatic heterocycles. The molecular weight excluding hydrogens is 264 g/mol. The van der Waals surface area contributed by atoms with Crippen LogP contribution in [0.5, 0.6) is 5.75 Å². The summed E-state index contributed by atoms with van der Waals surface area (Å²) in [6.45, 7) is 1.87. The van der Waals surface area contributed by atoms with Crippen molar-refractivity contribution in [2.45, 2.75) is 6.42 Å². The van der Waals surface area contributed by atoms with Crippen LogP contribution in [-0.2, 0) is 9.47 Å². The van der Waals surface area contributed by atoms with Crippen LogP contribution in [0.1, 0.15) is 12.0 Å². The van der Waals surface area contributed by atoms with Gasteiger partial charge in [-0.2, -0.15) is 5.26 Å². The van der Waals surface area contributed by atoms with Crippen LogP contribution in [0.3, 0.4) is 0 Å². The minimum absolute atomic E-state index is 0.135. The third-order valence-electron chi connectivity index (χ3n) is 2.42. The third kappa shape index (κ3) is 5.22. The molecule has 7 nitrogen and oxygen atoms in total. The Morgan fingerprint density at radius 2 is 2.10 bits per heavy atom. The summed E-state index contributed by atoms with van der Waals surface area (Å²) < 4.78 is 15.5. The topological polar surface area (TPSA) is 94.6 Å². The van der Waals surface area contributed by atoms with E-state index in [2.05, 4.69) is 0 Å². The van der Waals surface area contributed by atoms with E-state index in [1.165, 1.54) is 18.2 Å². The van der Waals surface area contributed by atoms with Gasteiger partial charge in [-0.15, -0.1) is 0 Å². The van der Waals surface area contributed by atoms with E-state index in [4.69, 9.17) is 19.5 Å². The minimum Gasteiger partial charge on any atom is -0.490 e. The standard InChI is InChI=1S/C13H16N2O5/c1-18-5-2-6-19-7-8-20-13-4-3-12(15(16)17)9-11(13)10-14/h3-4,9H,2,5-8H2,1H3. The molecular formula is C13H16N2O5. The summed E-state index contributed by atoms with van der Waals surface area (Å²) in [5.74, 6) is 0.318. The highest BCUT2D eigenvalue weighted by Crippen LogP contribution is 2.23. The molecule has 0 saturated heterocycles. The van der Waals surface area contributed by atoms with Gasteiger partial charge in [-0.05, 0) is 12.5 Å². The van der Waals surface area contributed by atoms with E-state index >= 15 is 0 Å². The summed E-state index contributed by atoms with van der Waals surface area (Å²) in [4.78, 5) is 10.0. The zero-order valence-corrected chi connectivity index (χ0v) is 11.2. The molecule has 0 atom stereocenters. The summed E-state index contributed by atoms with van der Waals surface area (Å²) in [5, 5.41) is 19.5. The van der Waals surface area contributed by atoms with Gasteiger partial charge in [0.25, 0.3) is 5.69 Å². The monoisotopic (exact) mass is 280 g/mol. The Balaban J connectivity index is 2.40. The van der Waals surface area contributed by atoms with Gasteiger partial charge in [0.2, 0.25) is 0 Å². The average molecular weight is 280 g/mol. The molecule has 1 aromatic rings. The Labute approximate surface area is 116 Å². The highest BCUT2D eigenvalue weighted by Gasteiger charge is 2.11. The number of benzene rings is 1. The maximum atomic E-state index is 10.6. The molecule has 0 aliphatic carbocycles. The van der Waals surface area contributed by atoms with E-state index in [-0.39, 0.29) is 17.9 Å². The molecule has 108 valence electrons. The minimum atomic E-state index is -0.552. The molecule has 0 bridgehead atoms. The average Bonchev–Trinajstić information content (AvgIpc) is 2.46. The molecule has 0 radical (unpaired) electrons. The van der Waals surface area contributed by atoms with E-state index in [0.29, 0.717) is 25.6 Å². The van der Waals surface area contributed by atoms with Crippen molar-refractivity contribution >= 4 is 5.69 Å². The Bertz CT molecular complexity index is 484. The number of non-ortho nitro benzene ring substituents is 1. The number of nitrogens with zero attached hydrogens (tertiary/aromatic N) is 2. The van der Waals surface area contributed by atoms with Crippen molar-refractivity contribution in [3.8, 4) is 11.8 Å². The number of methoxy groups -OCH3 is 1. The van der Waals surface area contributed by atoms with Crippen molar-refractivity contribution < 1.29 is 19.1 Å². The molecule has 7 heteroatoms. The molecule has 0 aliphatic rings. The normalized spacial score (nSPS) is 10.0. The molecule has 0 unspecified atom stereocenters. The summed E-state index contributed by atoms with van der Waals surface area (Å²) in [7, 11) is 1.63. The van der Waals surface area contributed by atoms with Crippen molar-refractivity contribution in [3.63, 3.8) is 0 Å². The lowest BCUT2D eigenvalue weighted by Gasteiger charge is -2.08. The van der Waals surface area contributed by atoms with Crippen LogP contribution >= 0.6 is 0 Å². The van der Waals surface area contributed by atoms with E-state index in [1.54, 1.807) is 7.11 Å². The smallest absolute Gasteiger partial charge is 0.271 e. The van der Waals surface area contributed by atoms with Gasteiger partial charge in [0.15, 0.2) is 0 Å². The molecule has 0 amide bonds. The molecule has 1 rings (SSSR count). The second kappa shape index (κ2) is 8.85. The van der Waals surface area contributed by atoms with Crippen molar-refractivity contribution in [1.82, 2.24) is 0 Å². The quantitative estimate of drug-likeness (QED) is 0.389. The highest BCUT2D eigenvalue weighted by molar-refractivity contribution is 5.50. The van der Waals surface area contributed by atoms with Gasteiger partial charge in [-0.1, -0.05) is 0 Å². The first-order valence-corrected chi connectivity index (χ1v) is 6.07. The van der Waals surface area contributed by atoms with Gasteiger partial charge in [0, 0.05) is 32.5 Å². The summed E-state index contributed by atoms with van der Waals surface area (Å²) >= 11 is 0. The lowest BCUT2D eigenvalue weighted by atomic mass is 10.2. The Kier molecular flexibility index (Phi) is 7.03. The maximum Gasteiger partial charge on any atom is 0.271 e. The SMILES string of the molecule is COCCCOCCOc1ccc([N+](=O)[O-])cc1C#N. The van der Waals surface area contributed by atoms with E-state index in [0.717, 1.165) is 6.42 Å². The number of hydrogen-bond donors (Lipinski definition) is 0. The van der Waals surface area contributed by atoms with Gasteiger partial charge in [-0.25, -0.2) is 0 Å². The van der Waals surface area contributed by atoms with Crippen molar-refractivity contribution in [3.05, 3.63) is 33.9 Å². The largest absolute Gasteiger partial charge is 0.490 e. The first kappa shape index (κ1) is 15.9. The van der Waals surface area contributed by atoms with Crippen LogP contribution < -0.4 is 4.74 Å². The predicted molar refractivity (Wildman–Crippen MR) is 70.6 cm³/mol. The lowest BCUT2D eigenvalue weighted by molar-refractivity contribution is -0.384. The molecule has 0 aromatic heterocycles. The van der Waals surface area contributed by atoms with Crippen LogP contribution in [-0.4, -0.2) is 38.5 Å². The first-order valence-electron chi connectivity index (χ1n) is 6.07. The van der Waals surface area contributed by atoms with Gasteiger partial charge >= 0.3 is 0 Å². The van der Waals surface area contributed by atoms with Crippen molar-refractivity contribution in [1.29, 1.82) is 5.26 Å². The van der Waals surface area contributed by atoms with Gasteiger partial charge in [0.05, 0.1) is 11.5 Å². The number of rotatable bonds is 9. The zero-order valence-electron chi connectivity index (χ0n) is 11.2. The highest BCUT2D eigenvalue weighted by atomic mass is 16.6. The van der Waals surface area contributed by atoms with Crippen LogP contribution in [0, 0.1) is 21.4 Å². The molecule has 0 fully saturated rings. The van der Waals surface area contributed by atoms with Crippen molar-refractivity contribution in [2.24, 2.45) is 0 Å². The van der Waals surface area contributed by atoms with Crippen LogP contribution in [0.25, 0.3) is 0 Å². The fraction of sp³-hybridized carbons (Fsp3) is 0.462. The summed E-state index contributed by atoms with van der Waals surface area (Å²) in [6.07, 6.45) is 0.803. The van der Waals surface area contributed by atoms with Crippen molar-refractivity contribution in [2.75, 3.05) is 33.5 Å². The second-order valence-electron chi connectivity index (χ2n) is 3.86. The molecule has 0 saturated carbocycles. The van der Waals surface area contributed by atoms with E-state index < -0.39 is 4.92 Å². The van der Waals surface area contributed by atoms with Gasteiger partial charge in [-0.3, -0.25) is 10.1 Å². The van der Waals surface area contributed by atoms with E-state index in [9.17, 15) is 10.1 Å². The Morgan fingerprint density at radius 1 is 1.30 bits per heavy atom. The number of nitro benzene ring substituents is 1. The third-order valence-corrected chi connectivity index (χ3v) is 2.42. The predicted octanol–water partition coefficient (Wildman–Crippen LogP) is 1.90. The maximum absolute atomic E-state index is 10.6. The Morgan fingerprint density at radius 3 is 2.75 bits per heavy atom. The van der Waals surface area contributed by atoms with Gasteiger partial charge < -0.3 is 14.2 Å². The molecule has 0 N–H and O–H groups in total. The number of ether oxygens (including phenoxy) is 3. The van der Waals surface area contributed by atoms with Crippen LogP contribution in [0.4, 0.5) is 5.69 Å². The van der Waals surface area contributed by atoms with Crippen LogP contribution in [0.15, 0.2) is 18.2 Å². The Hall–Kier alpha value is -2.17. The number of nitro groups is 1. The first-order chi connectivity index (χ1) is 9.69. The summed E-state index contributed by atoms with van der Waals surface area (Å²) in [6, 6.07) is 5.78. The number of hydrogen-bond acceptors (Lipinski definition) is 6. The van der Waals surface area contributed by atoms with E-state index in [1.807, 2.05) is 6.07 Å².